The van der Waals surface area contributed by atoms with E-state index in [1.54, 1.807) is 12.3 Å². The van der Waals surface area contributed by atoms with Gasteiger partial charge in [-0.05, 0) is 18.4 Å². The maximum absolute atomic E-state index is 12.8. The molecule has 2 aromatic rings. The molecule has 1 nitrogen and oxygen atoms in total. The number of aromatic nitrogens is 1. The molecule has 0 unspecified atom stereocenters. The summed E-state index contributed by atoms with van der Waals surface area (Å²) < 4.78 is 38.4. The summed E-state index contributed by atoms with van der Waals surface area (Å²) in [7, 11) is 0. The first-order valence-electron chi connectivity index (χ1n) is 4.64. The van der Waals surface area contributed by atoms with Gasteiger partial charge in [0.05, 0.1) is 21.1 Å². The zero-order chi connectivity index (χ0) is 12.6. The number of thioether (sulfide) groups is 1. The summed E-state index contributed by atoms with van der Waals surface area (Å²) in [6.07, 6.45) is -2.69. The summed E-state index contributed by atoms with van der Waals surface area (Å²) in [6, 6.07) is 5.44. The first-order valence-corrected chi connectivity index (χ1v) is 6.24. The fourth-order valence-corrected chi connectivity index (χ4v) is 2.26. The fraction of sp³-hybridized carbons (Fsp3) is 0.182. The van der Waals surface area contributed by atoms with Crippen LogP contribution >= 0.6 is 23.4 Å². The van der Waals surface area contributed by atoms with Gasteiger partial charge in [0.2, 0.25) is 0 Å². The Balaban J connectivity index is 2.83. The van der Waals surface area contributed by atoms with Crippen molar-refractivity contribution in [2.75, 3.05) is 6.26 Å². The van der Waals surface area contributed by atoms with Crippen molar-refractivity contribution in [3.8, 4) is 0 Å². The van der Waals surface area contributed by atoms with Crippen molar-refractivity contribution in [1.82, 2.24) is 4.98 Å². The van der Waals surface area contributed by atoms with Gasteiger partial charge in [0.15, 0.2) is 0 Å². The number of alkyl halides is 3. The molecule has 2 rings (SSSR count). The molecule has 0 aliphatic carbocycles. The van der Waals surface area contributed by atoms with Crippen molar-refractivity contribution < 1.29 is 13.2 Å². The van der Waals surface area contributed by atoms with Gasteiger partial charge in [-0.1, -0.05) is 23.7 Å². The van der Waals surface area contributed by atoms with Crippen molar-refractivity contribution in [2.45, 2.75) is 11.2 Å². The number of benzene rings is 1. The Kier molecular flexibility index (Phi) is 3.23. The van der Waals surface area contributed by atoms with Crippen LogP contribution in [0.1, 0.15) is 5.56 Å². The van der Waals surface area contributed by atoms with Crippen molar-refractivity contribution in [3.63, 3.8) is 0 Å². The summed E-state index contributed by atoms with van der Waals surface area (Å²) in [5, 5.41) is 1.07. The minimum Gasteiger partial charge on any atom is -0.241 e. The Morgan fingerprint density at radius 2 is 2.00 bits per heavy atom. The van der Waals surface area contributed by atoms with Gasteiger partial charge >= 0.3 is 6.18 Å². The smallest absolute Gasteiger partial charge is 0.241 e. The van der Waals surface area contributed by atoms with Gasteiger partial charge < -0.3 is 0 Å². The van der Waals surface area contributed by atoms with Crippen LogP contribution in [0.2, 0.25) is 5.02 Å². The average Bonchev–Trinajstić information content (AvgIpc) is 2.26. The predicted molar refractivity (Wildman–Crippen MR) is 63.5 cm³/mol. The molecular weight excluding hydrogens is 271 g/mol. The summed E-state index contributed by atoms with van der Waals surface area (Å²) in [6.45, 7) is 0. The van der Waals surface area contributed by atoms with Crippen LogP contribution in [0.4, 0.5) is 13.2 Å². The molecule has 0 saturated heterocycles. The molecular formula is C11H7ClF3NS. The van der Waals surface area contributed by atoms with E-state index in [2.05, 4.69) is 4.98 Å². The first-order chi connectivity index (χ1) is 7.93. The van der Waals surface area contributed by atoms with Crippen LogP contribution in [-0.4, -0.2) is 11.2 Å². The maximum atomic E-state index is 12.8. The van der Waals surface area contributed by atoms with Crippen LogP contribution in [0.15, 0.2) is 29.3 Å². The van der Waals surface area contributed by atoms with Gasteiger partial charge in [-0.3, -0.25) is 0 Å². The number of fused-ring (bicyclic) bond motifs is 1. The van der Waals surface area contributed by atoms with Crippen molar-refractivity contribution >= 4 is 34.3 Å². The average molecular weight is 278 g/mol. The molecule has 0 bridgehead atoms. The minimum atomic E-state index is -4.42. The van der Waals surface area contributed by atoms with Crippen LogP contribution in [0.25, 0.3) is 10.9 Å². The second-order valence-corrected chi connectivity index (χ2v) is 4.58. The molecule has 0 amide bonds. The van der Waals surface area contributed by atoms with Gasteiger partial charge in [-0.2, -0.15) is 13.2 Å². The molecule has 0 radical (unpaired) electrons. The number of halogens is 4. The molecule has 0 atom stereocenters. The number of rotatable bonds is 1. The molecule has 1 aromatic heterocycles. The van der Waals surface area contributed by atoms with Crippen molar-refractivity contribution in [3.05, 3.63) is 34.9 Å². The van der Waals surface area contributed by atoms with Gasteiger partial charge in [0.25, 0.3) is 0 Å². The molecule has 0 N–H and O–H groups in total. The van der Waals surface area contributed by atoms with Crippen molar-refractivity contribution in [1.29, 1.82) is 0 Å². The Bertz CT molecular complexity index is 568. The van der Waals surface area contributed by atoms with Gasteiger partial charge in [0, 0.05) is 5.39 Å². The molecule has 90 valence electrons. The van der Waals surface area contributed by atoms with Crippen LogP contribution in [0.5, 0.6) is 0 Å². The summed E-state index contributed by atoms with van der Waals surface area (Å²) in [5.41, 5.74) is -0.857. The van der Waals surface area contributed by atoms with Gasteiger partial charge in [-0.15, -0.1) is 11.8 Å². The normalized spacial score (nSPS) is 12.1. The SMILES string of the molecule is CSc1cc(Cl)c2cccc(C(F)(F)F)c2n1. The summed E-state index contributed by atoms with van der Waals surface area (Å²) >= 11 is 7.20. The molecule has 0 aliphatic heterocycles. The summed E-state index contributed by atoms with van der Waals surface area (Å²) in [4.78, 5) is 3.98. The lowest BCUT2D eigenvalue weighted by Crippen LogP contribution is -2.06. The number of hydrogen-bond acceptors (Lipinski definition) is 2. The molecule has 1 aromatic carbocycles. The second kappa shape index (κ2) is 4.38. The largest absolute Gasteiger partial charge is 0.418 e. The van der Waals surface area contributed by atoms with Crippen LogP contribution in [0.3, 0.4) is 0 Å². The fourth-order valence-electron chi connectivity index (χ4n) is 1.52. The topological polar surface area (TPSA) is 12.9 Å². The van der Waals surface area contributed by atoms with E-state index in [0.29, 0.717) is 10.4 Å². The highest BCUT2D eigenvalue weighted by Gasteiger charge is 2.33. The molecule has 0 aliphatic rings. The minimum absolute atomic E-state index is 0.100. The zero-order valence-electron chi connectivity index (χ0n) is 8.68. The highest BCUT2D eigenvalue weighted by Crippen LogP contribution is 2.36. The third-order valence-corrected chi connectivity index (χ3v) is 3.22. The summed E-state index contributed by atoms with van der Waals surface area (Å²) in [5.74, 6) is 0. The molecule has 0 spiro atoms. The highest BCUT2D eigenvalue weighted by molar-refractivity contribution is 7.98. The first kappa shape index (κ1) is 12.5. The Labute approximate surface area is 105 Å². The third kappa shape index (κ3) is 2.35. The van der Waals surface area contributed by atoms with E-state index >= 15 is 0 Å². The highest BCUT2D eigenvalue weighted by atomic mass is 35.5. The van der Waals surface area contributed by atoms with E-state index in [1.165, 1.54) is 23.9 Å². The molecule has 17 heavy (non-hydrogen) atoms. The van der Waals surface area contributed by atoms with Crippen LogP contribution < -0.4 is 0 Å². The number of nitrogens with zero attached hydrogens (tertiary/aromatic N) is 1. The molecule has 0 saturated carbocycles. The lowest BCUT2D eigenvalue weighted by Gasteiger charge is -2.11. The molecule has 6 heteroatoms. The van der Waals surface area contributed by atoms with E-state index in [1.807, 2.05) is 0 Å². The van der Waals surface area contributed by atoms with E-state index in [-0.39, 0.29) is 10.5 Å². The standard InChI is InChI=1S/C11H7ClF3NS/c1-17-9-5-8(12)6-3-2-4-7(10(6)16-9)11(13,14)15/h2-5H,1H3. The van der Waals surface area contributed by atoms with E-state index < -0.39 is 11.7 Å². The van der Waals surface area contributed by atoms with E-state index in [4.69, 9.17) is 11.6 Å². The van der Waals surface area contributed by atoms with Crippen LogP contribution in [-0.2, 0) is 6.18 Å². The lowest BCUT2D eigenvalue weighted by atomic mass is 10.1. The quantitative estimate of drug-likeness (QED) is 0.705. The second-order valence-electron chi connectivity index (χ2n) is 3.35. The Morgan fingerprint density at radius 1 is 1.29 bits per heavy atom. The van der Waals surface area contributed by atoms with Gasteiger partial charge in [0.1, 0.15) is 0 Å². The predicted octanol–water partition coefficient (Wildman–Crippen LogP) is 4.63. The maximum Gasteiger partial charge on any atom is 0.418 e. The Morgan fingerprint density at radius 3 is 2.59 bits per heavy atom. The number of hydrogen-bond donors (Lipinski definition) is 0. The monoisotopic (exact) mass is 277 g/mol. The van der Waals surface area contributed by atoms with E-state index in [9.17, 15) is 13.2 Å². The zero-order valence-corrected chi connectivity index (χ0v) is 10.2. The number of pyridine rings is 1. The number of para-hydroxylation sites is 1. The molecule has 1 heterocycles. The van der Waals surface area contributed by atoms with Crippen LogP contribution in [0, 0.1) is 0 Å². The molecule has 0 fully saturated rings. The third-order valence-electron chi connectivity index (χ3n) is 2.28. The lowest BCUT2D eigenvalue weighted by molar-refractivity contribution is -0.136. The van der Waals surface area contributed by atoms with Gasteiger partial charge in [-0.25, -0.2) is 4.98 Å². The van der Waals surface area contributed by atoms with Crippen molar-refractivity contribution in [2.24, 2.45) is 0 Å². The van der Waals surface area contributed by atoms with E-state index in [0.717, 1.165) is 6.07 Å². The Hall–Kier alpha value is -0.940.